The molecule has 1 atom stereocenters. The molecule has 4 rings (SSSR count). The first-order chi connectivity index (χ1) is 13.2. The van der Waals surface area contributed by atoms with Gasteiger partial charge in [0.05, 0.1) is 17.8 Å². The third-order valence-electron chi connectivity index (χ3n) is 5.13. The van der Waals surface area contributed by atoms with E-state index < -0.39 is 0 Å². The maximum absolute atomic E-state index is 13.1. The number of carbonyl (C=O) groups excluding carboxylic acids is 1. The molecule has 6 nitrogen and oxygen atoms in total. The summed E-state index contributed by atoms with van der Waals surface area (Å²) in [6.07, 6.45) is 5.31. The van der Waals surface area contributed by atoms with Crippen LogP contribution in [0.25, 0.3) is 10.9 Å². The number of nitrogens with zero attached hydrogens (tertiary/aromatic N) is 4. The maximum atomic E-state index is 13.1. The minimum Gasteiger partial charge on any atom is -0.392 e. The molecule has 2 aromatic heterocycles. The van der Waals surface area contributed by atoms with Gasteiger partial charge in [-0.2, -0.15) is 0 Å². The lowest BCUT2D eigenvalue weighted by Gasteiger charge is -2.33. The number of benzene rings is 1. The largest absolute Gasteiger partial charge is 0.392 e. The second-order valence-electron chi connectivity index (χ2n) is 6.99. The van der Waals surface area contributed by atoms with E-state index >= 15 is 0 Å². The van der Waals surface area contributed by atoms with Gasteiger partial charge in [-0.15, -0.1) is 0 Å². The molecular weight excluding hydrogens is 340 g/mol. The highest BCUT2D eigenvalue weighted by atomic mass is 16.3. The number of hydrogen-bond acceptors (Lipinski definition) is 5. The highest BCUT2D eigenvalue weighted by molar-refractivity contribution is 5.98. The van der Waals surface area contributed by atoms with Crippen LogP contribution in [0, 0.1) is 6.92 Å². The van der Waals surface area contributed by atoms with Crippen LogP contribution in [0.15, 0.2) is 42.7 Å². The van der Waals surface area contributed by atoms with Crippen LogP contribution in [-0.4, -0.2) is 44.0 Å². The molecule has 0 spiro atoms. The summed E-state index contributed by atoms with van der Waals surface area (Å²) in [5, 5.41) is 10.6. The lowest BCUT2D eigenvalue weighted by atomic mass is 9.91. The average Bonchev–Trinajstić information content (AvgIpc) is 2.73. The smallest absolute Gasteiger partial charge is 0.253 e. The lowest BCUT2D eigenvalue weighted by Crippen LogP contribution is -2.39. The number of aliphatic hydroxyl groups excluding tert-OH is 1. The zero-order valence-electron chi connectivity index (χ0n) is 15.3. The van der Waals surface area contributed by atoms with Crippen LogP contribution < -0.4 is 0 Å². The summed E-state index contributed by atoms with van der Waals surface area (Å²) in [5.41, 5.74) is 3.17. The molecule has 0 aliphatic carbocycles. The Morgan fingerprint density at radius 1 is 1.30 bits per heavy atom. The van der Waals surface area contributed by atoms with Crippen LogP contribution in [0.5, 0.6) is 0 Å². The monoisotopic (exact) mass is 362 g/mol. The molecule has 1 aromatic carbocycles. The Morgan fingerprint density at radius 2 is 2.19 bits per heavy atom. The molecule has 1 fully saturated rings. The number of aliphatic hydroxyl groups is 1. The fourth-order valence-corrected chi connectivity index (χ4v) is 3.76. The predicted molar refractivity (Wildman–Crippen MR) is 102 cm³/mol. The molecule has 0 radical (unpaired) electrons. The minimum absolute atomic E-state index is 0.0294. The molecule has 0 bridgehead atoms. The van der Waals surface area contributed by atoms with Gasteiger partial charge in [0.1, 0.15) is 5.82 Å². The lowest BCUT2D eigenvalue weighted by molar-refractivity contribution is 0.0705. The van der Waals surface area contributed by atoms with Crippen molar-refractivity contribution in [3.05, 3.63) is 65.4 Å². The van der Waals surface area contributed by atoms with Crippen molar-refractivity contribution in [1.29, 1.82) is 0 Å². The third kappa shape index (κ3) is 3.53. The molecule has 1 N–H and O–H groups in total. The summed E-state index contributed by atoms with van der Waals surface area (Å²) >= 11 is 0. The van der Waals surface area contributed by atoms with Crippen LogP contribution in [0.1, 0.15) is 46.2 Å². The van der Waals surface area contributed by atoms with Gasteiger partial charge < -0.3 is 10.0 Å². The van der Waals surface area contributed by atoms with E-state index in [0.717, 1.165) is 41.5 Å². The molecule has 138 valence electrons. The van der Waals surface area contributed by atoms with Gasteiger partial charge in [-0.05, 0) is 44.0 Å². The Kier molecular flexibility index (Phi) is 4.81. The fraction of sp³-hybridized carbons (Fsp3) is 0.333. The predicted octanol–water partition coefficient (Wildman–Crippen LogP) is 2.85. The van der Waals surface area contributed by atoms with Crippen molar-refractivity contribution in [2.45, 2.75) is 32.3 Å². The van der Waals surface area contributed by atoms with Gasteiger partial charge in [-0.3, -0.25) is 9.78 Å². The van der Waals surface area contributed by atoms with Crippen LogP contribution in [0.3, 0.4) is 0 Å². The molecule has 1 aliphatic rings. The number of fused-ring (bicyclic) bond motifs is 1. The molecule has 1 saturated heterocycles. The van der Waals surface area contributed by atoms with Gasteiger partial charge in [0.2, 0.25) is 0 Å². The number of carbonyl (C=O) groups is 1. The number of amides is 1. The Morgan fingerprint density at radius 3 is 3.04 bits per heavy atom. The van der Waals surface area contributed by atoms with Gasteiger partial charge >= 0.3 is 0 Å². The molecule has 0 saturated carbocycles. The number of aryl methyl sites for hydroxylation is 1. The van der Waals surface area contributed by atoms with Crippen molar-refractivity contribution in [3.8, 4) is 0 Å². The van der Waals surface area contributed by atoms with E-state index in [1.165, 1.54) is 0 Å². The summed E-state index contributed by atoms with van der Waals surface area (Å²) < 4.78 is 0. The number of piperidine rings is 1. The van der Waals surface area contributed by atoms with E-state index in [0.29, 0.717) is 17.9 Å². The summed E-state index contributed by atoms with van der Waals surface area (Å²) in [7, 11) is 0. The average molecular weight is 362 g/mol. The molecule has 6 heteroatoms. The normalized spacial score (nSPS) is 17.3. The topological polar surface area (TPSA) is 79.2 Å². The van der Waals surface area contributed by atoms with E-state index in [-0.39, 0.29) is 18.4 Å². The van der Waals surface area contributed by atoms with Crippen molar-refractivity contribution in [1.82, 2.24) is 19.9 Å². The van der Waals surface area contributed by atoms with Crippen LogP contribution in [0.4, 0.5) is 0 Å². The molecule has 27 heavy (non-hydrogen) atoms. The second-order valence-corrected chi connectivity index (χ2v) is 6.99. The van der Waals surface area contributed by atoms with Crippen molar-refractivity contribution in [3.63, 3.8) is 0 Å². The van der Waals surface area contributed by atoms with E-state index in [1.807, 2.05) is 42.2 Å². The summed E-state index contributed by atoms with van der Waals surface area (Å²) in [5.74, 6) is 0.836. The molecule has 3 aromatic rings. The first kappa shape index (κ1) is 17.5. The molecule has 1 aliphatic heterocycles. The standard InChI is InChI=1S/C21H22N4O2/c1-14-23-11-18(13-26)20(24-14)17-5-3-9-25(12-17)21(27)16-6-7-19-15(10-16)4-2-8-22-19/h2,4,6-8,10-11,17,26H,3,5,9,12-13H2,1H3. The van der Waals surface area contributed by atoms with Crippen LogP contribution in [0.2, 0.25) is 0 Å². The van der Waals surface area contributed by atoms with E-state index in [2.05, 4.69) is 15.0 Å². The van der Waals surface area contributed by atoms with E-state index in [9.17, 15) is 9.90 Å². The Bertz CT molecular complexity index is 989. The third-order valence-corrected chi connectivity index (χ3v) is 5.13. The molecule has 3 heterocycles. The quantitative estimate of drug-likeness (QED) is 0.775. The number of likely N-dealkylation sites (tertiary alicyclic amines) is 1. The van der Waals surface area contributed by atoms with E-state index in [1.54, 1.807) is 12.4 Å². The first-order valence-electron chi connectivity index (χ1n) is 9.23. The van der Waals surface area contributed by atoms with Crippen LogP contribution in [-0.2, 0) is 6.61 Å². The van der Waals surface area contributed by atoms with Crippen molar-refractivity contribution >= 4 is 16.8 Å². The number of hydrogen-bond donors (Lipinski definition) is 1. The van der Waals surface area contributed by atoms with Crippen molar-refractivity contribution in [2.24, 2.45) is 0 Å². The molecular formula is C21H22N4O2. The van der Waals surface area contributed by atoms with Gasteiger partial charge in [0.15, 0.2) is 0 Å². The highest BCUT2D eigenvalue weighted by Crippen LogP contribution is 2.29. The highest BCUT2D eigenvalue weighted by Gasteiger charge is 2.28. The minimum atomic E-state index is -0.0856. The number of rotatable bonds is 3. The van der Waals surface area contributed by atoms with Gasteiger partial charge in [-0.1, -0.05) is 6.07 Å². The molecule has 1 amide bonds. The summed E-state index contributed by atoms with van der Waals surface area (Å²) in [6.45, 7) is 3.10. The van der Waals surface area contributed by atoms with Crippen molar-refractivity contribution < 1.29 is 9.90 Å². The SMILES string of the molecule is Cc1ncc(CO)c(C2CCCN(C(=O)c3ccc4ncccc4c3)C2)n1. The number of pyridine rings is 1. The zero-order chi connectivity index (χ0) is 18.8. The number of aromatic nitrogens is 3. The van der Waals surface area contributed by atoms with Crippen LogP contribution >= 0.6 is 0 Å². The molecule has 1 unspecified atom stereocenters. The Labute approximate surface area is 157 Å². The van der Waals surface area contributed by atoms with E-state index in [4.69, 9.17) is 0 Å². The second kappa shape index (κ2) is 7.40. The van der Waals surface area contributed by atoms with Gasteiger partial charge in [0.25, 0.3) is 5.91 Å². The van der Waals surface area contributed by atoms with Gasteiger partial charge in [-0.25, -0.2) is 9.97 Å². The first-order valence-corrected chi connectivity index (χ1v) is 9.23. The van der Waals surface area contributed by atoms with Crippen molar-refractivity contribution in [2.75, 3.05) is 13.1 Å². The Hall–Kier alpha value is -2.86. The fourth-order valence-electron chi connectivity index (χ4n) is 3.76. The summed E-state index contributed by atoms with van der Waals surface area (Å²) in [4.78, 5) is 28.0. The maximum Gasteiger partial charge on any atom is 0.253 e. The Balaban J connectivity index is 1.59. The summed E-state index contributed by atoms with van der Waals surface area (Å²) in [6, 6.07) is 9.48. The zero-order valence-corrected chi connectivity index (χ0v) is 15.3. The van der Waals surface area contributed by atoms with Gasteiger partial charge in [0, 0.05) is 47.9 Å².